The predicted octanol–water partition coefficient (Wildman–Crippen LogP) is 5.78. The van der Waals surface area contributed by atoms with Crippen LogP contribution in [0.2, 0.25) is 0 Å². The lowest BCUT2D eigenvalue weighted by Crippen LogP contribution is -2.13. The van der Waals surface area contributed by atoms with Crippen molar-refractivity contribution in [2.24, 2.45) is 0 Å². The molecule has 150 valence electrons. The van der Waals surface area contributed by atoms with E-state index in [9.17, 15) is 4.79 Å². The summed E-state index contributed by atoms with van der Waals surface area (Å²) in [7, 11) is 0. The van der Waals surface area contributed by atoms with Gasteiger partial charge in [0, 0.05) is 29.7 Å². The molecule has 0 saturated heterocycles. The minimum atomic E-state index is -0.204. The topological polar surface area (TPSA) is 67.8 Å². The van der Waals surface area contributed by atoms with Crippen molar-refractivity contribution in [3.8, 4) is 11.8 Å². The predicted molar refractivity (Wildman–Crippen MR) is 125 cm³/mol. The Balaban J connectivity index is 1.46. The fourth-order valence-electron chi connectivity index (χ4n) is 2.92. The first-order valence-electron chi connectivity index (χ1n) is 9.75. The molecule has 0 aliphatic carbocycles. The van der Waals surface area contributed by atoms with E-state index in [4.69, 9.17) is 0 Å². The van der Waals surface area contributed by atoms with Gasteiger partial charge in [-0.25, -0.2) is 4.98 Å². The van der Waals surface area contributed by atoms with Crippen LogP contribution in [0.25, 0.3) is 21.1 Å². The van der Waals surface area contributed by atoms with E-state index in [1.807, 2.05) is 42.5 Å². The first-order valence-corrected chi connectivity index (χ1v) is 11.6. The van der Waals surface area contributed by atoms with Crippen molar-refractivity contribution in [2.45, 2.75) is 30.5 Å². The largest absolute Gasteiger partial charge is 0.322 e. The normalized spacial score (nSPS) is 10.7. The molecule has 0 aliphatic rings. The summed E-state index contributed by atoms with van der Waals surface area (Å²) in [5.41, 5.74) is 2.88. The molecule has 0 spiro atoms. The molecular weight excluding hydrogens is 412 g/mol. The molecule has 2 aromatic heterocycles. The van der Waals surface area contributed by atoms with E-state index >= 15 is 0 Å². The lowest BCUT2D eigenvalue weighted by atomic mass is 10.1. The smallest absolute Gasteiger partial charge is 0.257 e. The van der Waals surface area contributed by atoms with Gasteiger partial charge in [-0.15, -0.1) is 23.2 Å². The van der Waals surface area contributed by atoms with Crippen molar-refractivity contribution in [1.82, 2.24) is 15.2 Å². The Morgan fingerprint density at radius 1 is 1.13 bits per heavy atom. The van der Waals surface area contributed by atoms with Crippen LogP contribution in [0.15, 0.2) is 53.0 Å². The molecule has 0 bridgehead atoms. The number of carbonyl (C=O) groups excluding carboxylic acids is 1. The van der Waals surface area contributed by atoms with Crippen molar-refractivity contribution < 1.29 is 4.79 Å². The number of hydrogen-bond donors (Lipinski definition) is 1. The molecule has 7 heteroatoms. The number of anilines is 1. The van der Waals surface area contributed by atoms with Gasteiger partial charge in [-0.05, 0) is 30.7 Å². The van der Waals surface area contributed by atoms with Crippen molar-refractivity contribution in [3.05, 3.63) is 54.2 Å². The van der Waals surface area contributed by atoms with Crippen LogP contribution >= 0.6 is 23.1 Å². The Bertz CT molecular complexity index is 1250. The average Bonchev–Trinajstić information content (AvgIpc) is 3.17. The van der Waals surface area contributed by atoms with Crippen LogP contribution in [0.5, 0.6) is 0 Å². The number of fused-ring (bicyclic) bond motifs is 2. The highest BCUT2D eigenvalue weighted by atomic mass is 32.2. The Morgan fingerprint density at radius 2 is 2.00 bits per heavy atom. The third-order valence-corrected chi connectivity index (χ3v) is 6.53. The summed E-state index contributed by atoms with van der Waals surface area (Å²) >= 11 is 3.36. The molecule has 1 amide bonds. The first-order chi connectivity index (χ1) is 14.7. The van der Waals surface area contributed by atoms with E-state index in [0.29, 0.717) is 11.1 Å². The summed E-state index contributed by atoms with van der Waals surface area (Å²) in [6.45, 7) is 2.14. The van der Waals surface area contributed by atoms with Crippen LogP contribution < -0.4 is 5.32 Å². The number of nitrogens with zero attached hydrogens (tertiary/aromatic N) is 3. The van der Waals surface area contributed by atoms with Crippen LogP contribution in [0.1, 0.15) is 36.5 Å². The van der Waals surface area contributed by atoms with Crippen molar-refractivity contribution in [3.63, 3.8) is 0 Å². The minimum Gasteiger partial charge on any atom is -0.322 e. The molecular formula is C23H20N4OS2. The highest BCUT2D eigenvalue weighted by Crippen LogP contribution is 2.31. The maximum absolute atomic E-state index is 12.8. The zero-order chi connectivity index (χ0) is 20.8. The number of thioether (sulfide) groups is 1. The van der Waals surface area contributed by atoms with Gasteiger partial charge in [0.2, 0.25) is 0 Å². The third kappa shape index (κ3) is 4.78. The van der Waals surface area contributed by atoms with Gasteiger partial charge in [-0.2, -0.15) is 10.2 Å². The molecule has 2 heterocycles. The molecule has 4 aromatic rings. The summed E-state index contributed by atoms with van der Waals surface area (Å²) in [5, 5.41) is 11.8. The maximum atomic E-state index is 12.8. The lowest BCUT2D eigenvalue weighted by Gasteiger charge is -2.07. The molecule has 0 saturated carbocycles. The van der Waals surface area contributed by atoms with Crippen molar-refractivity contribution >= 4 is 55.8 Å². The first kappa shape index (κ1) is 20.3. The van der Waals surface area contributed by atoms with Gasteiger partial charge in [-0.1, -0.05) is 36.9 Å². The summed E-state index contributed by atoms with van der Waals surface area (Å²) in [5.74, 6) is 7.10. The highest BCUT2D eigenvalue weighted by Gasteiger charge is 2.12. The highest BCUT2D eigenvalue weighted by molar-refractivity contribution is 8.01. The number of hydrogen-bond acceptors (Lipinski definition) is 6. The standard InChI is InChI=1S/C23H20N4OS2/c1-2-3-4-5-8-13-29-23-26-20-12-11-16(14-21(20)30-23)25-22(28)18-15-24-27-19-10-7-6-9-17(18)19/h6-7,9-12,14-15H,2-3,8,13H2,1H3,(H,25,28). The van der Waals surface area contributed by atoms with E-state index in [1.54, 1.807) is 23.1 Å². The van der Waals surface area contributed by atoms with Gasteiger partial charge >= 0.3 is 0 Å². The Morgan fingerprint density at radius 3 is 2.90 bits per heavy atom. The summed E-state index contributed by atoms with van der Waals surface area (Å²) < 4.78 is 2.07. The fraction of sp³-hybridized carbons (Fsp3) is 0.217. The van der Waals surface area contributed by atoms with Crippen molar-refractivity contribution in [1.29, 1.82) is 0 Å². The number of benzene rings is 2. The monoisotopic (exact) mass is 432 g/mol. The second kappa shape index (κ2) is 9.70. The van der Waals surface area contributed by atoms with Gasteiger partial charge in [0.1, 0.15) is 0 Å². The van der Waals surface area contributed by atoms with E-state index in [2.05, 4.69) is 39.3 Å². The molecule has 1 N–H and O–H groups in total. The zero-order valence-electron chi connectivity index (χ0n) is 16.5. The summed E-state index contributed by atoms with van der Waals surface area (Å²) in [6, 6.07) is 13.3. The molecule has 30 heavy (non-hydrogen) atoms. The number of unbranched alkanes of at least 4 members (excludes halogenated alkanes) is 1. The Labute approximate surface area is 183 Å². The van der Waals surface area contributed by atoms with Gasteiger partial charge in [0.05, 0.1) is 27.5 Å². The Kier molecular flexibility index (Phi) is 6.57. The van der Waals surface area contributed by atoms with Crippen LogP contribution in [0.3, 0.4) is 0 Å². The quantitative estimate of drug-likeness (QED) is 0.238. The molecule has 4 rings (SSSR count). The van der Waals surface area contributed by atoms with Crippen LogP contribution in [0, 0.1) is 11.8 Å². The van der Waals surface area contributed by atoms with Crippen LogP contribution in [-0.4, -0.2) is 26.8 Å². The summed E-state index contributed by atoms with van der Waals surface area (Å²) in [6.07, 6.45) is 4.44. The molecule has 0 unspecified atom stereocenters. The fourth-order valence-corrected chi connectivity index (χ4v) is 4.95. The number of carbonyl (C=O) groups is 1. The van der Waals surface area contributed by atoms with Gasteiger partial charge in [0.25, 0.3) is 5.91 Å². The van der Waals surface area contributed by atoms with Gasteiger partial charge < -0.3 is 5.32 Å². The molecule has 0 aliphatic heterocycles. The molecule has 5 nitrogen and oxygen atoms in total. The lowest BCUT2D eigenvalue weighted by molar-refractivity contribution is 0.102. The molecule has 0 fully saturated rings. The summed E-state index contributed by atoms with van der Waals surface area (Å²) in [4.78, 5) is 17.5. The number of nitrogens with one attached hydrogen (secondary N) is 1. The van der Waals surface area contributed by atoms with Crippen molar-refractivity contribution in [2.75, 3.05) is 11.1 Å². The third-order valence-electron chi connectivity index (χ3n) is 4.37. The SMILES string of the molecule is CCCC#CCCSc1nc2ccc(NC(=O)c3cnnc4ccccc34)cc2s1. The minimum absolute atomic E-state index is 0.204. The second-order valence-electron chi connectivity index (χ2n) is 6.59. The molecule has 2 aromatic carbocycles. The number of rotatable bonds is 6. The van der Waals surface area contributed by atoms with E-state index in [-0.39, 0.29) is 5.91 Å². The average molecular weight is 433 g/mol. The maximum Gasteiger partial charge on any atom is 0.257 e. The van der Waals surface area contributed by atoms with E-state index in [0.717, 1.165) is 50.6 Å². The number of amides is 1. The molecule has 0 atom stereocenters. The number of aromatic nitrogens is 3. The Hall–Kier alpha value is -2.95. The second-order valence-corrected chi connectivity index (χ2v) is 8.97. The van der Waals surface area contributed by atoms with Gasteiger partial charge in [-0.3, -0.25) is 4.79 Å². The van der Waals surface area contributed by atoms with Gasteiger partial charge in [0.15, 0.2) is 4.34 Å². The van der Waals surface area contributed by atoms with E-state index in [1.165, 1.54) is 6.20 Å². The number of thiazole rings is 1. The van der Waals surface area contributed by atoms with Crippen LogP contribution in [-0.2, 0) is 0 Å². The van der Waals surface area contributed by atoms with E-state index < -0.39 is 0 Å². The zero-order valence-corrected chi connectivity index (χ0v) is 18.1. The van der Waals surface area contributed by atoms with Crippen LogP contribution in [0.4, 0.5) is 5.69 Å². The molecule has 0 radical (unpaired) electrons.